The second kappa shape index (κ2) is 7.67. The van der Waals surface area contributed by atoms with E-state index in [-0.39, 0.29) is 17.9 Å². The first-order valence-corrected chi connectivity index (χ1v) is 9.48. The van der Waals surface area contributed by atoms with Gasteiger partial charge in [-0.05, 0) is 37.1 Å². The SMILES string of the molecule is C[C@@H]1C[C@H](Nc2ccccc2)c2ccccc2N1CC(=O)c1ccccc1. The van der Waals surface area contributed by atoms with Gasteiger partial charge in [-0.3, -0.25) is 4.79 Å². The smallest absolute Gasteiger partial charge is 0.182 e. The van der Waals surface area contributed by atoms with Crippen LogP contribution in [-0.4, -0.2) is 18.4 Å². The van der Waals surface area contributed by atoms with Gasteiger partial charge in [0.25, 0.3) is 0 Å². The molecule has 0 unspecified atom stereocenters. The number of carbonyl (C=O) groups is 1. The number of hydrogen-bond acceptors (Lipinski definition) is 3. The highest BCUT2D eigenvalue weighted by Gasteiger charge is 2.31. The largest absolute Gasteiger partial charge is 0.378 e. The molecule has 1 heterocycles. The summed E-state index contributed by atoms with van der Waals surface area (Å²) in [5.41, 5.74) is 4.29. The number of nitrogens with one attached hydrogen (secondary N) is 1. The van der Waals surface area contributed by atoms with Crippen molar-refractivity contribution < 1.29 is 4.79 Å². The van der Waals surface area contributed by atoms with Gasteiger partial charge in [0.05, 0.1) is 12.6 Å². The highest BCUT2D eigenvalue weighted by Crippen LogP contribution is 2.38. The molecule has 0 amide bonds. The molecule has 1 aliphatic heterocycles. The van der Waals surface area contributed by atoms with E-state index >= 15 is 0 Å². The first-order chi connectivity index (χ1) is 13.2. The molecule has 1 aliphatic rings. The van der Waals surface area contributed by atoms with Crippen molar-refractivity contribution in [1.29, 1.82) is 0 Å². The van der Waals surface area contributed by atoms with Crippen LogP contribution in [0.3, 0.4) is 0 Å². The van der Waals surface area contributed by atoms with Crippen molar-refractivity contribution >= 4 is 17.2 Å². The molecule has 2 atom stereocenters. The number of hydrogen-bond donors (Lipinski definition) is 1. The summed E-state index contributed by atoms with van der Waals surface area (Å²) >= 11 is 0. The van der Waals surface area contributed by atoms with Crippen LogP contribution in [0.25, 0.3) is 0 Å². The molecule has 1 N–H and O–H groups in total. The Morgan fingerprint density at radius 2 is 1.56 bits per heavy atom. The molecule has 3 aromatic rings. The first kappa shape index (κ1) is 17.3. The van der Waals surface area contributed by atoms with Crippen molar-refractivity contribution in [2.75, 3.05) is 16.8 Å². The average molecular weight is 356 g/mol. The molecule has 0 aliphatic carbocycles. The van der Waals surface area contributed by atoms with Crippen LogP contribution in [0, 0.1) is 0 Å². The molecule has 0 fully saturated rings. The number of benzene rings is 3. The van der Waals surface area contributed by atoms with Crippen molar-refractivity contribution in [3.8, 4) is 0 Å². The van der Waals surface area contributed by atoms with Crippen LogP contribution in [0.2, 0.25) is 0 Å². The Labute approximate surface area is 160 Å². The Bertz CT molecular complexity index is 908. The van der Waals surface area contributed by atoms with Gasteiger partial charge in [0.1, 0.15) is 0 Å². The Balaban J connectivity index is 1.60. The van der Waals surface area contributed by atoms with E-state index in [9.17, 15) is 4.79 Å². The maximum atomic E-state index is 12.8. The fraction of sp³-hybridized carbons (Fsp3) is 0.208. The maximum Gasteiger partial charge on any atom is 0.182 e. The fourth-order valence-electron chi connectivity index (χ4n) is 3.86. The Morgan fingerprint density at radius 3 is 2.30 bits per heavy atom. The normalized spacial score (nSPS) is 18.6. The van der Waals surface area contributed by atoms with Gasteiger partial charge >= 0.3 is 0 Å². The van der Waals surface area contributed by atoms with Crippen LogP contribution in [-0.2, 0) is 0 Å². The van der Waals surface area contributed by atoms with E-state index in [0.29, 0.717) is 6.54 Å². The lowest BCUT2D eigenvalue weighted by atomic mass is 9.91. The monoisotopic (exact) mass is 356 g/mol. The number of para-hydroxylation sites is 2. The van der Waals surface area contributed by atoms with Gasteiger partial charge in [-0.1, -0.05) is 66.7 Å². The molecule has 3 aromatic carbocycles. The molecule has 0 spiro atoms. The van der Waals surface area contributed by atoms with Crippen molar-refractivity contribution in [2.45, 2.75) is 25.4 Å². The molecule has 3 heteroatoms. The number of fused-ring (bicyclic) bond motifs is 1. The number of Topliss-reactive ketones (excluding diaryl/α,β-unsaturated/α-hetero) is 1. The van der Waals surface area contributed by atoms with E-state index in [1.54, 1.807) is 0 Å². The molecule has 0 bridgehead atoms. The van der Waals surface area contributed by atoms with Gasteiger partial charge < -0.3 is 10.2 Å². The fourth-order valence-corrected chi connectivity index (χ4v) is 3.86. The molecule has 0 saturated heterocycles. The van der Waals surface area contributed by atoms with Gasteiger partial charge in [0.2, 0.25) is 0 Å². The Hall–Kier alpha value is -3.07. The minimum Gasteiger partial charge on any atom is -0.378 e. The van der Waals surface area contributed by atoms with E-state index in [1.807, 2.05) is 48.5 Å². The highest BCUT2D eigenvalue weighted by atomic mass is 16.1. The van der Waals surface area contributed by atoms with Crippen molar-refractivity contribution in [1.82, 2.24) is 0 Å². The van der Waals surface area contributed by atoms with Gasteiger partial charge in [0, 0.05) is 23.0 Å². The Morgan fingerprint density at radius 1 is 0.926 bits per heavy atom. The highest BCUT2D eigenvalue weighted by molar-refractivity contribution is 5.99. The van der Waals surface area contributed by atoms with Crippen molar-refractivity contribution in [3.63, 3.8) is 0 Å². The van der Waals surface area contributed by atoms with Gasteiger partial charge in [0.15, 0.2) is 5.78 Å². The molecule has 4 rings (SSSR count). The zero-order valence-electron chi connectivity index (χ0n) is 15.5. The second-order valence-corrected chi connectivity index (χ2v) is 7.12. The van der Waals surface area contributed by atoms with Crippen LogP contribution in [0.1, 0.15) is 35.3 Å². The number of carbonyl (C=O) groups excluding carboxylic acids is 1. The van der Waals surface area contributed by atoms with E-state index in [4.69, 9.17) is 0 Å². The molecule has 136 valence electrons. The number of nitrogens with zero attached hydrogens (tertiary/aromatic N) is 1. The van der Waals surface area contributed by atoms with E-state index < -0.39 is 0 Å². The summed E-state index contributed by atoms with van der Waals surface area (Å²) in [6.45, 7) is 2.61. The zero-order valence-corrected chi connectivity index (χ0v) is 15.5. The molecular weight excluding hydrogens is 332 g/mol. The lowest BCUT2D eigenvalue weighted by molar-refractivity contribution is 0.0996. The lowest BCUT2D eigenvalue weighted by Crippen LogP contribution is -2.43. The number of ketones is 1. The molecule has 0 radical (unpaired) electrons. The van der Waals surface area contributed by atoms with Crippen molar-refractivity contribution in [3.05, 3.63) is 96.1 Å². The average Bonchev–Trinajstić information content (AvgIpc) is 2.72. The minimum absolute atomic E-state index is 0.159. The molecule has 0 aromatic heterocycles. The maximum absolute atomic E-state index is 12.8. The van der Waals surface area contributed by atoms with Gasteiger partial charge in [-0.15, -0.1) is 0 Å². The molecular formula is C24H24N2O. The summed E-state index contributed by atoms with van der Waals surface area (Å²) in [5.74, 6) is 0.159. The lowest BCUT2D eigenvalue weighted by Gasteiger charge is -2.41. The number of anilines is 2. The molecule has 3 nitrogen and oxygen atoms in total. The third kappa shape index (κ3) is 3.72. The van der Waals surface area contributed by atoms with E-state index in [0.717, 1.165) is 23.4 Å². The predicted molar refractivity (Wildman–Crippen MR) is 111 cm³/mol. The predicted octanol–water partition coefficient (Wildman–Crippen LogP) is 5.32. The number of rotatable bonds is 5. The van der Waals surface area contributed by atoms with Crippen LogP contribution < -0.4 is 10.2 Å². The van der Waals surface area contributed by atoms with E-state index in [1.165, 1.54) is 5.56 Å². The first-order valence-electron chi connectivity index (χ1n) is 9.48. The third-order valence-corrected chi connectivity index (χ3v) is 5.25. The zero-order chi connectivity index (χ0) is 18.6. The summed E-state index contributed by atoms with van der Waals surface area (Å²) < 4.78 is 0. The van der Waals surface area contributed by atoms with Crippen LogP contribution in [0.15, 0.2) is 84.9 Å². The van der Waals surface area contributed by atoms with Gasteiger partial charge in [-0.25, -0.2) is 0 Å². The quantitative estimate of drug-likeness (QED) is 0.628. The standard InChI is InChI=1S/C24H24N2O/c1-18-16-22(25-20-12-6-3-7-13-20)21-14-8-9-15-23(21)26(18)17-24(27)19-10-4-2-5-11-19/h2-15,18,22,25H,16-17H2,1H3/t18-,22+/m1/s1. The third-order valence-electron chi connectivity index (χ3n) is 5.25. The van der Waals surface area contributed by atoms with Crippen LogP contribution in [0.4, 0.5) is 11.4 Å². The summed E-state index contributed by atoms with van der Waals surface area (Å²) in [6, 6.07) is 28.8. The minimum atomic E-state index is 0.159. The van der Waals surface area contributed by atoms with E-state index in [2.05, 4.69) is 53.5 Å². The molecule has 0 saturated carbocycles. The van der Waals surface area contributed by atoms with Gasteiger partial charge in [-0.2, -0.15) is 0 Å². The summed E-state index contributed by atoms with van der Waals surface area (Å²) in [5, 5.41) is 3.66. The van der Waals surface area contributed by atoms with Crippen LogP contribution in [0.5, 0.6) is 0 Å². The van der Waals surface area contributed by atoms with Crippen LogP contribution >= 0.6 is 0 Å². The topological polar surface area (TPSA) is 32.3 Å². The second-order valence-electron chi connectivity index (χ2n) is 7.12. The van der Waals surface area contributed by atoms with Crippen molar-refractivity contribution in [2.24, 2.45) is 0 Å². The summed E-state index contributed by atoms with van der Waals surface area (Å²) in [6.07, 6.45) is 0.952. The summed E-state index contributed by atoms with van der Waals surface area (Å²) in [4.78, 5) is 15.0. The Kier molecular flexibility index (Phi) is 4.93. The molecule has 27 heavy (non-hydrogen) atoms. The summed E-state index contributed by atoms with van der Waals surface area (Å²) in [7, 11) is 0.